The molecule has 0 amide bonds. The highest BCUT2D eigenvalue weighted by molar-refractivity contribution is 5.37. The van der Waals surface area contributed by atoms with Crippen molar-refractivity contribution in [3.8, 4) is 0 Å². The second-order valence-electron chi connectivity index (χ2n) is 5.43. The van der Waals surface area contributed by atoms with E-state index in [1.807, 2.05) is 7.05 Å². The van der Waals surface area contributed by atoms with Gasteiger partial charge in [0.1, 0.15) is 0 Å². The first kappa shape index (κ1) is 15.2. The molecule has 2 heteroatoms. The van der Waals surface area contributed by atoms with Crippen molar-refractivity contribution in [3.63, 3.8) is 0 Å². The van der Waals surface area contributed by atoms with Crippen LogP contribution in [-0.4, -0.2) is 32.1 Å². The summed E-state index contributed by atoms with van der Waals surface area (Å²) in [5.74, 6) is 0. The van der Waals surface area contributed by atoms with E-state index < -0.39 is 0 Å². The van der Waals surface area contributed by atoms with Crippen LogP contribution >= 0.6 is 0 Å². The Labute approximate surface area is 112 Å². The number of hydrogen-bond acceptors (Lipinski definition) is 2. The number of hydrogen-bond donors (Lipinski definition) is 1. The molecule has 0 bridgehead atoms. The summed E-state index contributed by atoms with van der Waals surface area (Å²) in [6, 6.07) is 4.58. The predicted molar refractivity (Wildman–Crippen MR) is 80.1 cm³/mol. The molecule has 0 aromatic heterocycles. The third kappa shape index (κ3) is 4.79. The average molecular weight is 248 g/mol. The summed E-state index contributed by atoms with van der Waals surface area (Å²) in [6.07, 6.45) is 2.52. The molecule has 0 heterocycles. The fourth-order valence-corrected chi connectivity index (χ4v) is 2.49. The van der Waals surface area contributed by atoms with Crippen LogP contribution in [0.15, 0.2) is 12.1 Å². The number of rotatable bonds is 7. The molecule has 0 aliphatic carbocycles. The largest absolute Gasteiger partial charge is 0.320 e. The standard InChI is InChI=1S/C16H28N2/c1-13-10-14(2)16(15(3)11-13)12-18(5)9-7-6-8-17-4/h10-11,17H,6-9,12H2,1-5H3. The van der Waals surface area contributed by atoms with Crippen LogP contribution in [0.5, 0.6) is 0 Å². The molecule has 0 aliphatic rings. The number of aryl methyl sites for hydroxylation is 3. The summed E-state index contributed by atoms with van der Waals surface area (Å²) in [5.41, 5.74) is 5.71. The zero-order valence-corrected chi connectivity index (χ0v) is 12.6. The zero-order chi connectivity index (χ0) is 13.5. The van der Waals surface area contributed by atoms with Gasteiger partial charge in [-0.3, -0.25) is 0 Å². The Hall–Kier alpha value is -0.860. The topological polar surface area (TPSA) is 15.3 Å². The van der Waals surface area contributed by atoms with Crippen LogP contribution in [-0.2, 0) is 6.54 Å². The molecule has 1 rings (SSSR count). The third-order valence-electron chi connectivity index (χ3n) is 3.49. The van der Waals surface area contributed by atoms with Crippen molar-refractivity contribution >= 4 is 0 Å². The van der Waals surface area contributed by atoms with E-state index in [0.29, 0.717) is 0 Å². The Kier molecular flexibility index (Phi) is 6.37. The van der Waals surface area contributed by atoms with Crippen molar-refractivity contribution in [1.29, 1.82) is 0 Å². The van der Waals surface area contributed by atoms with Gasteiger partial charge in [-0.05, 0) is 77.5 Å². The van der Waals surface area contributed by atoms with E-state index in [1.165, 1.54) is 41.6 Å². The van der Waals surface area contributed by atoms with Crippen LogP contribution in [0.25, 0.3) is 0 Å². The van der Waals surface area contributed by atoms with Gasteiger partial charge in [-0.25, -0.2) is 0 Å². The number of nitrogens with one attached hydrogen (secondary N) is 1. The van der Waals surface area contributed by atoms with Crippen molar-refractivity contribution in [1.82, 2.24) is 10.2 Å². The third-order valence-corrected chi connectivity index (χ3v) is 3.49. The first-order chi connectivity index (χ1) is 8.54. The van der Waals surface area contributed by atoms with E-state index >= 15 is 0 Å². The monoisotopic (exact) mass is 248 g/mol. The van der Waals surface area contributed by atoms with Crippen LogP contribution in [0.2, 0.25) is 0 Å². The minimum absolute atomic E-state index is 1.07. The molecule has 0 saturated carbocycles. The lowest BCUT2D eigenvalue weighted by Gasteiger charge is -2.20. The van der Waals surface area contributed by atoms with Gasteiger partial charge in [-0.1, -0.05) is 17.7 Å². The quantitative estimate of drug-likeness (QED) is 0.746. The minimum Gasteiger partial charge on any atom is -0.320 e. The molecule has 2 nitrogen and oxygen atoms in total. The molecule has 0 atom stereocenters. The van der Waals surface area contributed by atoms with E-state index in [2.05, 4.69) is 50.2 Å². The number of benzene rings is 1. The van der Waals surface area contributed by atoms with Crippen LogP contribution in [0.4, 0.5) is 0 Å². The summed E-state index contributed by atoms with van der Waals surface area (Å²) in [4.78, 5) is 2.43. The van der Waals surface area contributed by atoms with E-state index in [4.69, 9.17) is 0 Å². The SMILES string of the molecule is CNCCCCN(C)Cc1c(C)cc(C)cc1C. The molecule has 0 spiro atoms. The van der Waals surface area contributed by atoms with Gasteiger partial charge < -0.3 is 10.2 Å². The van der Waals surface area contributed by atoms with E-state index in [0.717, 1.165) is 13.1 Å². The molecule has 0 radical (unpaired) electrons. The van der Waals surface area contributed by atoms with Crippen molar-refractivity contribution in [3.05, 3.63) is 34.4 Å². The molecule has 0 saturated heterocycles. The maximum Gasteiger partial charge on any atom is 0.0235 e. The normalized spacial score (nSPS) is 11.2. The molecule has 1 aromatic carbocycles. The molecule has 102 valence electrons. The van der Waals surface area contributed by atoms with Crippen molar-refractivity contribution in [2.45, 2.75) is 40.2 Å². The van der Waals surface area contributed by atoms with Crippen molar-refractivity contribution < 1.29 is 0 Å². The van der Waals surface area contributed by atoms with Gasteiger partial charge in [0.25, 0.3) is 0 Å². The summed E-state index contributed by atoms with van der Waals surface area (Å²) in [7, 11) is 4.24. The summed E-state index contributed by atoms with van der Waals surface area (Å²) >= 11 is 0. The molecule has 1 aromatic rings. The summed E-state index contributed by atoms with van der Waals surface area (Å²) in [6.45, 7) is 9.99. The number of nitrogens with zero attached hydrogens (tertiary/aromatic N) is 1. The molecular formula is C16H28N2. The Balaban J connectivity index is 2.51. The molecule has 0 unspecified atom stereocenters. The van der Waals surface area contributed by atoms with Crippen LogP contribution in [0.3, 0.4) is 0 Å². The molecule has 18 heavy (non-hydrogen) atoms. The van der Waals surface area contributed by atoms with Crippen molar-refractivity contribution in [2.24, 2.45) is 0 Å². The second kappa shape index (κ2) is 7.55. The Bertz CT molecular complexity index is 348. The van der Waals surface area contributed by atoms with E-state index in [1.54, 1.807) is 0 Å². The van der Waals surface area contributed by atoms with Crippen LogP contribution < -0.4 is 5.32 Å². The Morgan fingerprint density at radius 3 is 2.22 bits per heavy atom. The van der Waals surface area contributed by atoms with Crippen LogP contribution in [0, 0.1) is 20.8 Å². The highest BCUT2D eigenvalue weighted by Gasteiger charge is 2.06. The lowest BCUT2D eigenvalue weighted by Crippen LogP contribution is -2.21. The van der Waals surface area contributed by atoms with Crippen molar-refractivity contribution in [2.75, 3.05) is 27.2 Å². The first-order valence-corrected chi connectivity index (χ1v) is 6.94. The maximum atomic E-state index is 3.20. The zero-order valence-electron chi connectivity index (χ0n) is 12.6. The van der Waals surface area contributed by atoms with Gasteiger partial charge in [-0.2, -0.15) is 0 Å². The number of unbranched alkanes of at least 4 members (excludes halogenated alkanes) is 1. The van der Waals surface area contributed by atoms with Gasteiger partial charge in [0.15, 0.2) is 0 Å². The smallest absolute Gasteiger partial charge is 0.0235 e. The fourth-order valence-electron chi connectivity index (χ4n) is 2.49. The lowest BCUT2D eigenvalue weighted by atomic mass is 9.99. The Morgan fingerprint density at radius 2 is 1.67 bits per heavy atom. The first-order valence-electron chi connectivity index (χ1n) is 6.94. The van der Waals surface area contributed by atoms with E-state index in [9.17, 15) is 0 Å². The van der Waals surface area contributed by atoms with Crippen LogP contribution in [0.1, 0.15) is 35.1 Å². The van der Waals surface area contributed by atoms with Gasteiger partial charge in [0.2, 0.25) is 0 Å². The Morgan fingerprint density at radius 1 is 1.06 bits per heavy atom. The molecule has 0 fully saturated rings. The summed E-state index contributed by atoms with van der Waals surface area (Å²) < 4.78 is 0. The minimum atomic E-state index is 1.07. The second-order valence-corrected chi connectivity index (χ2v) is 5.43. The van der Waals surface area contributed by atoms with Gasteiger partial charge >= 0.3 is 0 Å². The highest BCUT2D eigenvalue weighted by Crippen LogP contribution is 2.18. The van der Waals surface area contributed by atoms with E-state index in [-0.39, 0.29) is 0 Å². The molecular weight excluding hydrogens is 220 g/mol. The average Bonchev–Trinajstić information content (AvgIpc) is 2.29. The molecule has 0 aliphatic heterocycles. The summed E-state index contributed by atoms with van der Waals surface area (Å²) in [5, 5.41) is 3.20. The van der Waals surface area contributed by atoms with Gasteiger partial charge in [-0.15, -0.1) is 0 Å². The predicted octanol–water partition coefficient (Wildman–Crippen LogP) is 3.04. The molecule has 1 N–H and O–H groups in total. The van der Waals surface area contributed by atoms with Gasteiger partial charge in [0, 0.05) is 6.54 Å². The maximum absolute atomic E-state index is 3.20. The fraction of sp³-hybridized carbons (Fsp3) is 0.625. The lowest BCUT2D eigenvalue weighted by molar-refractivity contribution is 0.317. The highest BCUT2D eigenvalue weighted by atomic mass is 15.1. The van der Waals surface area contributed by atoms with Gasteiger partial charge in [0.05, 0.1) is 0 Å².